The van der Waals surface area contributed by atoms with E-state index in [4.69, 9.17) is 0 Å². The number of aromatic nitrogens is 1. The zero-order valence-electron chi connectivity index (χ0n) is 5.50. The third kappa shape index (κ3) is 2.47. The molecule has 0 aliphatic heterocycles. The van der Waals surface area contributed by atoms with Gasteiger partial charge < -0.3 is 0 Å². The molecule has 1 rings (SSSR count). The van der Waals surface area contributed by atoms with Crippen LogP contribution in [0, 0.1) is 0 Å². The van der Waals surface area contributed by atoms with Gasteiger partial charge in [-0.1, -0.05) is 34.7 Å². The Morgan fingerprint density at radius 3 is 3.00 bits per heavy atom. The van der Waals surface area contributed by atoms with E-state index in [2.05, 4.69) is 33.7 Å². The number of allylic oxidation sites excluding steroid dienone is 1. The van der Waals surface area contributed by atoms with Gasteiger partial charge in [-0.15, -0.1) is 0 Å². The minimum absolute atomic E-state index is 0.934. The Labute approximate surface area is 74.3 Å². The summed E-state index contributed by atoms with van der Waals surface area (Å²) >= 11 is 2.21. The first kappa shape index (κ1) is 7.72. The summed E-state index contributed by atoms with van der Waals surface area (Å²) in [4.78, 5) is 4.16. The van der Waals surface area contributed by atoms with Crippen molar-refractivity contribution in [3.63, 3.8) is 0 Å². The second-order valence-corrected chi connectivity index (χ2v) is 2.61. The summed E-state index contributed by atoms with van der Waals surface area (Å²) in [5, 5.41) is 0. The fraction of sp³-hybridized carbons (Fsp3) is 0.125. The van der Waals surface area contributed by atoms with Crippen LogP contribution in [0.25, 0.3) is 0 Å². The standard InChI is InChI=1S/C8H8IN/c9-6-3-5-8-4-1-2-7-10-8/h1-4,6-7H,5H2/b6-3+. The smallest absolute Gasteiger partial charge is 0.0441 e. The molecule has 0 fully saturated rings. The van der Waals surface area contributed by atoms with Crippen molar-refractivity contribution in [2.45, 2.75) is 6.42 Å². The van der Waals surface area contributed by atoms with Crippen LogP contribution in [-0.4, -0.2) is 4.98 Å². The van der Waals surface area contributed by atoms with Crippen molar-refractivity contribution in [2.24, 2.45) is 0 Å². The monoisotopic (exact) mass is 245 g/mol. The number of halogens is 1. The van der Waals surface area contributed by atoms with Gasteiger partial charge in [0.1, 0.15) is 0 Å². The first-order valence-electron chi connectivity index (χ1n) is 3.08. The highest BCUT2D eigenvalue weighted by Crippen LogP contribution is 1.96. The maximum Gasteiger partial charge on any atom is 0.0441 e. The van der Waals surface area contributed by atoms with Crippen molar-refractivity contribution in [3.8, 4) is 0 Å². The molecular weight excluding hydrogens is 237 g/mol. The summed E-state index contributed by atoms with van der Waals surface area (Å²) in [6, 6.07) is 5.96. The molecule has 0 spiro atoms. The highest BCUT2D eigenvalue weighted by Gasteiger charge is 1.85. The Bertz CT molecular complexity index is 206. The van der Waals surface area contributed by atoms with E-state index in [1.165, 1.54) is 0 Å². The Morgan fingerprint density at radius 2 is 2.40 bits per heavy atom. The molecule has 2 heteroatoms. The molecular formula is C8H8IN. The molecule has 1 aromatic rings. The van der Waals surface area contributed by atoms with Gasteiger partial charge in [0, 0.05) is 18.3 Å². The van der Waals surface area contributed by atoms with Gasteiger partial charge in [0.15, 0.2) is 0 Å². The number of rotatable bonds is 2. The van der Waals surface area contributed by atoms with Crippen molar-refractivity contribution >= 4 is 22.6 Å². The molecule has 1 aromatic heterocycles. The van der Waals surface area contributed by atoms with E-state index in [0.29, 0.717) is 0 Å². The van der Waals surface area contributed by atoms with E-state index in [1.54, 1.807) is 0 Å². The zero-order chi connectivity index (χ0) is 7.23. The molecule has 0 saturated carbocycles. The van der Waals surface area contributed by atoms with Crippen LogP contribution in [0.15, 0.2) is 34.6 Å². The van der Waals surface area contributed by atoms with E-state index >= 15 is 0 Å². The lowest BCUT2D eigenvalue weighted by molar-refractivity contribution is 1.11. The lowest BCUT2D eigenvalue weighted by Gasteiger charge is -1.90. The lowest BCUT2D eigenvalue weighted by Crippen LogP contribution is -1.83. The van der Waals surface area contributed by atoms with E-state index in [9.17, 15) is 0 Å². The van der Waals surface area contributed by atoms with Gasteiger partial charge in [0.25, 0.3) is 0 Å². The molecule has 0 N–H and O–H groups in total. The fourth-order valence-corrected chi connectivity index (χ4v) is 0.938. The fourth-order valence-electron chi connectivity index (χ4n) is 0.684. The van der Waals surface area contributed by atoms with Crippen LogP contribution >= 0.6 is 22.6 Å². The minimum Gasteiger partial charge on any atom is -0.261 e. The van der Waals surface area contributed by atoms with Crippen LogP contribution in [0.5, 0.6) is 0 Å². The van der Waals surface area contributed by atoms with Gasteiger partial charge in [0.05, 0.1) is 0 Å². The molecule has 1 nitrogen and oxygen atoms in total. The van der Waals surface area contributed by atoms with Gasteiger partial charge in [-0.25, -0.2) is 0 Å². The highest BCUT2D eigenvalue weighted by atomic mass is 127. The summed E-state index contributed by atoms with van der Waals surface area (Å²) in [6.07, 6.45) is 4.84. The van der Waals surface area contributed by atoms with Gasteiger partial charge in [-0.05, 0) is 16.2 Å². The third-order valence-corrected chi connectivity index (χ3v) is 1.65. The molecule has 1 heterocycles. The van der Waals surface area contributed by atoms with Crippen LogP contribution in [0.4, 0.5) is 0 Å². The predicted octanol–water partition coefficient (Wildman–Crippen LogP) is 2.57. The van der Waals surface area contributed by atoms with E-state index in [-0.39, 0.29) is 0 Å². The maximum absolute atomic E-state index is 4.16. The summed E-state index contributed by atoms with van der Waals surface area (Å²) in [7, 11) is 0. The van der Waals surface area contributed by atoms with E-state index < -0.39 is 0 Å². The van der Waals surface area contributed by atoms with Crippen LogP contribution < -0.4 is 0 Å². The topological polar surface area (TPSA) is 12.9 Å². The summed E-state index contributed by atoms with van der Waals surface area (Å²) in [6.45, 7) is 0. The molecule has 10 heavy (non-hydrogen) atoms. The van der Waals surface area contributed by atoms with E-state index in [0.717, 1.165) is 12.1 Å². The average Bonchev–Trinajstić information content (AvgIpc) is 2.03. The predicted molar refractivity (Wildman–Crippen MR) is 51.1 cm³/mol. The number of nitrogens with zero attached hydrogens (tertiary/aromatic N) is 1. The number of pyridine rings is 1. The van der Waals surface area contributed by atoms with Gasteiger partial charge in [0.2, 0.25) is 0 Å². The number of hydrogen-bond donors (Lipinski definition) is 0. The second kappa shape index (κ2) is 4.44. The molecule has 0 aliphatic rings. The molecule has 0 radical (unpaired) electrons. The SMILES string of the molecule is I/C=C/Cc1ccccn1. The lowest BCUT2D eigenvalue weighted by atomic mass is 10.3. The summed E-state index contributed by atoms with van der Waals surface area (Å²) < 4.78 is 2.01. The van der Waals surface area contributed by atoms with Crippen LogP contribution in [0.1, 0.15) is 5.69 Å². The maximum atomic E-state index is 4.16. The Balaban J connectivity index is 2.59. The van der Waals surface area contributed by atoms with Crippen LogP contribution in [0.3, 0.4) is 0 Å². The normalized spacial score (nSPS) is 10.5. The molecule has 0 saturated heterocycles. The molecule has 52 valence electrons. The van der Waals surface area contributed by atoms with Gasteiger partial charge >= 0.3 is 0 Å². The quantitative estimate of drug-likeness (QED) is 0.729. The third-order valence-electron chi connectivity index (χ3n) is 1.14. The van der Waals surface area contributed by atoms with Crippen LogP contribution in [0.2, 0.25) is 0 Å². The molecule has 0 aromatic carbocycles. The number of hydrogen-bond acceptors (Lipinski definition) is 1. The van der Waals surface area contributed by atoms with Crippen molar-refractivity contribution in [3.05, 3.63) is 40.2 Å². The first-order valence-corrected chi connectivity index (χ1v) is 4.33. The molecule has 0 amide bonds. The summed E-state index contributed by atoms with van der Waals surface area (Å²) in [5.74, 6) is 0. The first-order chi connectivity index (χ1) is 4.93. The largest absolute Gasteiger partial charge is 0.261 e. The zero-order valence-corrected chi connectivity index (χ0v) is 7.65. The highest BCUT2D eigenvalue weighted by molar-refractivity contribution is 14.1. The molecule has 0 bridgehead atoms. The van der Waals surface area contributed by atoms with Gasteiger partial charge in [-0.3, -0.25) is 4.98 Å². The van der Waals surface area contributed by atoms with Crippen molar-refractivity contribution in [1.82, 2.24) is 4.98 Å². The van der Waals surface area contributed by atoms with Crippen molar-refractivity contribution in [2.75, 3.05) is 0 Å². The Kier molecular flexibility index (Phi) is 3.43. The Morgan fingerprint density at radius 1 is 1.50 bits per heavy atom. The van der Waals surface area contributed by atoms with E-state index in [1.807, 2.05) is 28.5 Å². The molecule has 0 aliphatic carbocycles. The summed E-state index contributed by atoms with van der Waals surface area (Å²) in [5.41, 5.74) is 1.12. The molecule has 0 unspecified atom stereocenters. The second-order valence-electron chi connectivity index (χ2n) is 1.89. The average molecular weight is 245 g/mol. The van der Waals surface area contributed by atoms with Crippen LogP contribution in [-0.2, 0) is 6.42 Å². The molecule has 0 atom stereocenters. The van der Waals surface area contributed by atoms with Gasteiger partial charge in [-0.2, -0.15) is 0 Å². The minimum atomic E-state index is 0.934. The van der Waals surface area contributed by atoms with Crippen molar-refractivity contribution in [1.29, 1.82) is 0 Å². The van der Waals surface area contributed by atoms with Crippen molar-refractivity contribution < 1.29 is 0 Å². The Hall–Kier alpha value is -0.380.